The number of hydrogen-bond acceptors (Lipinski definition) is 2. The lowest BCUT2D eigenvalue weighted by atomic mass is 10.4. The first-order valence-corrected chi connectivity index (χ1v) is 5.00. The van der Waals surface area contributed by atoms with Crippen LogP contribution in [0, 0.1) is 0 Å². The van der Waals surface area contributed by atoms with E-state index in [1.54, 1.807) is 13.8 Å². The largest absolute Gasteiger partial charge is 0.366 e. The molecule has 5 nitrogen and oxygen atoms in total. The van der Waals surface area contributed by atoms with Crippen LogP contribution in [0.25, 0.3) is 0 Å². The van der Waals surface area contributed by atoms with Crippen molar-refractivity contribution in [3.63, 3.8) is 0 Å². The van der Waals surface area contributed by atoms with Gasteiger partial charge in [0.05, 0.1) is 0 Å². The molecule has 0 aromatic rings. The van der Waals surface area contributed by atoms with Gasteiger partial charge in [0.15, 0.2) is 0 Å². The standard InChI is InChI=1S/C4H9O3P.C3H5NO/c1-4(2)3-8(5,6)7;1-2-3(4)5/h3H,1-2H3,(H2,5,6,7);2H,1H2,(H2,4,5). The maximum atomic E-state index is 10.1. The van der Waals surface area contributed by atoms with Gasteiger partial charge in [-0.15, -0.1) is 0 Å². The van der Waals surface area contributed by atoms with E-state index < -0.39 is 13.5 Å². The molecule has 0 aliphatic rings. The topological polar surface area (TPSA) is 101 Å². The van der Waals surface area contributed by atoms with E-state index in [9.17, 15) is 9.36 Å². The zero-order valence-electron chi connectivity index (χ0n) is 7.60. The Labute approximate surface area is 77.1 Å². The van der Waals surface area contributed by atoms with Gasteiger partial charge in [-0.05, 0) is 19.9 Å². The van der Waals surface area contributed by atoms with Gasteiger partial charge >= 0.3 is 7.60 Å². The number of hydrogen-bond donors (Lipinski definition) is 3. The summed E-state index contributed by atoms with van der Waals surface area (Å²) in [5, 5.41) is 0. The van der Waals surface area contributed by atoms with E-state index in [-0.39, 0.29) is 0 Å². The predicted octanol–water partition coefficient (Wildman–Crippen LogP) is 0.745. The Kier molecular flexibility index (Phi) is 7.42. The Bertz CT molecular complexity index is 249. The van der Waals surface area contributed by atoms with Gasteiger partial charge in [0.25, 0.3) is 0 Å². The number of carbonyl (C=O) groups excluding carboxylic acids is 1. The van der Waals surface area contributed by atoms with Crippen molar-refractivity contribution in [1.29, 1.82) is 0 Å². The first kappa shape index (κ1) is 14.6. The average Bonchev–Trinajstić information content (AvgIpc) is 1.83. The van der Waals surface area contributed by atoms with Crippen LogP contribution in [0.5, 0.6) is 0 Å². The summed E-state index contributed by atoms with van der Waals surface area (Å²) in [6, 6.07) is 0. The first-order valence-electron chi connectivity index (χ1n) is 3.32. The highest BCUT2D eigenvalue weighted by molar-refractivity contribution is 7.55. The Morgan fingerprint density at radius 1 is 1.46 bits per heavy atom. The van der Waals surface area contributed by atoms with E-state index in [4.69, 9.17) is 9.79 Å². The summed E-state index contributed by atoms with van der Waals surface area (Å²) in [6.07, 6.45) is 1.06. The third-order valence-corrected chi connectivity index (χ3v) is 1.48. The van der Waals surface area contributed by atoms with E-state index in [0.717, 1.165) is 11.9 Å². The zero-order chi connectivity index (χ0) is 11.1. The number of primary amides is 1. The molecule has 0 fully saturated rings. The molecule has 0 saturated carbocycles. The lowest BCUT2D eigenvalue weighted by Gasteiger charge is -1.93. The van der Waals surface area contributed by atoms with Gasteiger partial charge < -0.3 is 15.5 Å². The SMILES string of the molecule is C=CC(N)=O.CC(C)=CP(=O)(O)O. The second kappa shape index (κ2) is 6.60. The fraction of sp³-hybridized carbons (Fsp3) is 0.286. The predicted molar refractivity (Wildman–Crippen MR) is 50.9 cm³/mol. The molecule has 0 spiro atoms. The van der Waals surface area contributed by atoms with Crippen LogP contribution < -0.4 is 5.73 Å². The summed E-state index contributed by atoms with van der Waals surface area (Å²) < 4.78 is 10.1. The van der Waals surface area contributed by atoms with Gasteiger partial charge in [-0.25, -0.2) is 0 Å². The first-order chi connectivity index (χ1) is 5.69. The van der Waals surface area contributed by atoms with Crippen molar-refractivity contribution in [2.45, 2.75) is 13.8 Å². The number of allylic oxidation sites excluding steroid dienone is 1. The molecule has 0 aliphatic heterocycles. The van der Waals surface area contributed by atoms with Crippen molar-refractivity contribution < 1.29 is 19.1 Å². The van der Waals surface area contributed by atoms with Gasteiger partial charge in [-0.3, -0.25) is 9.36 Å². The molecule has 6 heteroatoms. The Morgan fingerprint density at radius 3 is 1.77 bits per heavy atom. The molecule has 0 aromatic carbocycles. The second-order valence-corrected chi connectivity index (χ2v) is 3.84. The maximum Gasteiger partial charge on any atom is 0.348 e. The Hall–Kier alpha value is -0.900. The van der Waals surface area contributed by atoms with Crippen molar-refractivity contribution >= 4 is 13.5 Å². The zero-order valence-corrected chi connectivity index (χ0v) is 8.49. The molecule has 0 heterocycles. The third kappa shape index (κ3) is 24.7. The number of carbonyl (C=O) groups is 1. The van der Waals surface area contributed by atoms with Gasteiger partial charge in [-0.2, -0.15) is 0 Å². The molecule has 0 unspecified atom stereocenters. The van der Waals surface area contributed by atoms with E-state index in [1.807, 2.05) is 0 Å². The van der Waals surface area contributed by atoms with E-state index >= 15 is 0 Å². The summed E-state index contributed by atoms with van der Waals surface area (Å²) in [5.74, 6) is 0.456. The minimum Gasteiger partial charge on any atom is -0.366 e. The van der Waals surface area contributed by atoms with Gasteiger partial charge in [0.1, 0.15) is 0 Å². The monoisotopic (exact) mass is 207 g/mol. The minimum absolute atomic E-state index is 0.481. The molecule has 0 saturated heterocycles. The van der Waals surface area contributed by atoms with Crippen molar-refractivity contribution in [3.8, 4) is 0 Å². The van der Waals surface area contributed by atoms with Crippen molar-refractivity contribution in [2.75, 3.05) is 0 Å². The van der Waals surface area contributed by atoms with Crippen LogP contribution in [-0.4, -0.2) is 15.7 Å². The van der Waals surface area contributed by atoms with Crippen LogP contribution in [0.3, 0.4) is 0 Å². The third-order valence-electron chi connectivity index (χ3n) is 0.628. The quantitative estimate of drug-likeness (QED) is 0.459. The molecule has 0 atom stereocenters. The lowest BCUT2D eigenvalue weighted by Crippen LogP contribution is -2.04. The highest BCUT2D eigenvalue weighted by Crippen LogP contribution is 2.37. The average molecular weight is 207 g/mol. The van der Waals surface area contributed by atoms with Crippen LogP contribution in [0.1, 0.15) is 13.8 Å². The molecule has 1 amide bonds. The molecule has 13 heavy (non-hydrogen) atoms. The number of nitrogens with two attached hydrogens (primary N) is 1. The fourth-order valence-electron chi connectivity index (χ4n) is 0.336. The highest BCUT2D eigenvalue weighted by Gasteiger charge is 2.05. The molecular formula is C7H14NO4P. The number of amides is 1. The summed E-state index contributed by atoms with van der Waals surface area (Å²) in [5.41, 5.74) is 5.17. The summed E-state index contributed by atoms with van der Waals surface area (Å²) in [6.45, 7) is 6.36. The summed E-state index contributed by atoms with van der Waals surface area (Å²) >= 11 is 0. The molecule has 4 N–H and O–H groups in total. The van der Waals surface area contributed by atoms with Crippen LogP contribution in [-0.2, 0) is 9.36 Å². The second-order valence-electron chi connectivity index (χ2n) is 2.40. The fourth-order valence-corrected chi connectivity index (χ4v) is 1.01. The van der Waals surface area contributed by atoms with Crippen LogP contribution in [0.15, 0.2) is 24.0 Å². The Morgan fingerprint density at radius 2 is 1.77 bits per heavy atom. The normalized spacial score (nSPS) is 9.23. The van der Waals surface area contributed by atoms with Crippen molar-refractivity contribution in [2.24, 2.45) is 5.73 Å². The molecule has 0 aliphatic carbocycles. The molecule has 0 aromatic heterocycles. The summed E-state index contributed by atoms with van der Waals surface area (Å²) in [4.78, 5) is 25.9. The van der Waals surface area contributed by atoms with Gasteiger partial charge in [0, 0.05) is 5.82 Å². The van der Waals surface area contributed by atoms with Crippen LogP contribution in [0.2, 0.25) is 0 Å². The molecule has 0 rings (SSSR count). The summed E-state index contributed by atoms with van der Waals surface area (Å²) in [7, 11) is -3.88. The molecular weight excluding hydrogens is 193 g/mol. The van der Waals surface area contributed by atoms with Crippen LogP contribution in [0.4, 0.5) is 0 Å². The molecule has 0 radical (unpaired) electrons. The highest BCUT2D eigenvalue weighted by atomic mass is 31.2. The Balaban J connectivity index is 0. The molecule has 0 bridgehead atoms. The molecule has 76 valence electrons. The lowest BCUT2D eigenvalue weighted by molar-refractivity contribution is -0.113. The maximum absolute atomic E-state index is 10.1. The minimum atomic E-state index is -3.88. The van der Waals surface area contributed by atoms with Crippen molar-refractivity contribution in [3.05, 3.63) is 24.0 Å². The van der Waals surface area contributed by atoms with Gasteiger partial charge in [-0.1, -0.05) is 12.2 Å². The van der Waals surface area contributed by atoms with E-state index in [1.165, 1.54) is 0 Å². The van der Waals surface area contributed by atoms with Crippen LogP contribution >= 0.6 is 7.60 Å². The van der Waals surface area contributed by atoms with E-state index in [0.29, 0.717) is 5.57 Å². The number of rotatable bonds is 2. The van der Waals surface area contributed by atoms with E-state index in [2.05, 4.69) is 12.3 Å². The van der Waals surface area contributed by atoms with Crippen molar-refractivity contribution in [1.82, 2.24) is 0 Å². The van der Waals surface area contributed by atoms with Gasteiger partial charge in [0.2, 0.25) is 5.91 Å². The smallest absolute Gasteiger partial charge is 0.348 e.